The number of pyridine rings is 1. The number of hydrogen-bond acceptors (Lipinski definition) is 5. The van der Waals surface area contributed by atoms with Gasteiger partial charge in [-0.25, -0.2) is 0 Å². The number of fused-ring (bicyclic) bond motifs is 1. The summed E-state index contributed by atoms with van der Waals surface area (Å²) in [6.07, 6.45) is 3.45. The molecule has 3 N–H and O–H groups in total. The maximum Gasteiger partial charge on any atom is 0.154 e. The maximum atomic E-state index is 5.98. The van der Waals surface area contributed by atoms with E-state index in [0.29, 0.717) is 0 Å². The highest BCUT2D eigenvalue weighted by molar-refractivity contribution is 5.98. The Kier molecular flexibility index (Phi) is 2.98. The molecule has 0 saturated carbocycles. The lowest BCUT2D eigenvalue weighted by Gasteiger charge is -2.16. The first-order chi connectivity index (χ1) is 9.66. The van der Waals surface area contributed by atoms with Crippen LogP contribution in [0.3, 0.4) is 0 Å². The van der Waals surface area contributed by atoms with Crippen LogP contribution in [0.1, 0.15) is 18.8 Å². The molecule has 0 saturated heterocycles. The van der Waals surface area contributed by atoms with Crippen molar-refractivity contribution in [2.45, 2.75) is 13.0 Å². The molecule has 1 unspecified atom stereocenters. The van der Waals surface area contributed by atoms with Gasteiger partial charge in [0.15, 0.2) is 5.82 Å². The van der Waals surface area contributed by atoms with E-state index in [9.17, 15) is 0 Å². The number of hydrogen-bond donors (Lipinski definition) is 2. The highest BCUT2D eigenvalue weighted by atomic mass is 15.3. The van der Waals surface area contributed by atoms with E-state index in [1.54, 1.807) is 12.5 Å². The van der Waals surface area contributed by atoms with E-state index in [1.807, 2.05) is 42.8 Å². The maximum absolute atomic E-state index is 5.98. The van der Waals surface area contributed by atoms with E-state index in [0.717, 1.165) is 28.1 Å². The van der Waals surface area contributed by atoms with E-state index in [4.69, 9.17) is 5.73 Å². The Morgan fingerprint density at radius 1 is 1.30 bits per heavy atom. The minimum atomic E-state index is 0.0244. The molecule has 0 aliphatic rings. The molecule has 0 bridgehead atoms. The van der Waals surface area contributed by atoms with Gasteiger partial charge in [-0.15, -0.1) is 10.2 Å². The first kappa shape index (κ1) is 12.4. The number of nitrogens with one attached hydrogen (secondary N) is 1. The summed E-state index contributed by atoms with van der Waals surface area (Å²) in [5.41, 5.74) is 8.51. The van der Waals surface area contributed by atoms with Gasteiger partial charge < -0.3 is 15.6 Å². The Balaban J connectivity index is 1.99. The van der Waals surface area contributed by atoms with E-state index in [2.05, 4.69) is 20.5 Å². The zero-order chi connectivity index (χ0) is 14.1. The van der Waals surface area contributed by atoms with Crippen molar-refractivity contribution in [3.8, 4) is 0 Å². The van der Waals surface area contributed by atoms with Gasteiger partial charge in [0.1, 0.15) is 6.33 Å². The van der Waals surface area contributed by atoms with Crippen LogP contribution >= 0.6 is 0 Å². The molecule has 2 heterocycles. The lowest BCUT2D eigenvalue weighted by atomic mass is 10.1. The first-order valence-corrected chi connectivity index (χ1v) is 6.40. The molecule has 6 heteroatoms. The van der Waals surface area contributed by atoms with Gasteiger partial charge in [0, 0.05) is 24.3 Å². The molecule has 1 atom stereocenters. The van der Waals surface area contributed by atoms with E-state index < -0.39 is 0 Å². The van der Waals surface area contributed by atoms with Crippen LogP contribution in [0.15, 0.2) is 36.8 Å². The van der Waals surface area contributed by atoms with E-state index in [-0.39, 0.29) is 6.04 Å². The van der Waals surface area contributed by atoms with Crippen molar-refractivity contribution in [2.75, 3.05) is 11.1 Å². The average Bonchev–Trinajstić information content (AvgIpc) is 2.88. The van der Waals surface area contributed by atoms with Gasteiger partial charge >= 0.3 is 0 Å². The lowest BCUT2D eigenvalue weighted by molar-refractivity contribution is 0.720. The second-order valence-electron chi connectivity index (χ2n) is 4.77. The van der Waals surface area contributed by atoms with Gasteiger partial charge in [-0.2, -0.15) is 0 Å². The van der Waals surface area contributed by atoms with Crippen LogP contribution in [-0.2, 0) is 7.05 Å². The summed E-state index contributed by atoms with van der Waals surface area (Å²) in [5, 5.41) is 12.4. The molecule has 0 spiro atoms. The molecule has 0 aliphatic carbocycles. The number of aryl methyl sites for hydroxylation is 1. The Hall–Kier alpha value is -2.63. The Morgan fingerprint density at radius 3 is 2.90 bits per heavy atom. The highest BCUT2D eigenvalue weighted by Crippen LogP contribution is 2.28. The molecule has 3 rings (SSSR count). The van der Waals surface area contributed by atoms with Crippen LogP contribution in [0.4, 0.5) is 11.4 Å². The van der Waals surface area contributed by atoms with Crippen LogP contribution in [0, 0.1) is 0 Å². The second kappa shape index (κ2) is 4.80. The number of rotatable bonds is 3. The zero-order valence-corrected chi connectivity index (χ0v) is 11.4. The number of aromatic nitrogens is 4. The molecule has 1 aromatic carbocycles. The molecular formula is C14H16N6. The monoisotopic (exact) mass is 268 g/mol. The predicted molar refractivity (Wildman–Crippen MR) is 79.2 cm³/mol. The van der Waals surface area contributed by atoms with Crippen LogP contribution in [0.5, 0.6) is 0 Å². The third-order valence-corrected chi connectivity index (χ3v) is 3.31. The summed E-state index contributed by atoms with van der Waals surface area (Å²) in [7, 11) is 1.92. The number of nitrogens with zero attached hydrogens (tertiary/aromatic N) is 4. The number of nitrogen functional groups attached to an aromatic ring is 1. The molecule has 0 fully saturated rings. The van der Waals surface area contributed by atoms with Gasteiger partial charge in [0.25, 0.3) is 0 Å². The molecule has 20 heavy (non-hydrogen) atoms. The van der Waals surface area contributed by atoms with Crippen molar-refractivity contribution in [1.29, 1.82) is 0 Å². The third-order valence-electron chi connectivity index (χ3n) is 3.31. The minimum Gasteiger partial charge on any atom is -0.398 e. The number of nitrogens with two attached hydrogens (primary N) is 1. The summed E-state index contributed by atoms with van der Waals surface area (Å²) in [6.45, 7) is 2.04. The fourth-order valence-corrected chi connectivity index (χ4v) is 2.29. The fraction of sp³-hybridized carbons (Fsp3) is 0.214. The summed E-state index contributed by atoms with van der Waals surface area (Å²) >= 11 is 0. The predicted octanol–water partition coefficient (Wildman–Crippen LogP) is 2.12. The standard InChI is InChI=1S/C14H16N6/c1-9(14-19-17-8-20(14)2)18-12-6-5-11(15)10-4-3-7-16-13(10)12/h3-9,18H,15H2,1-2H3. The normalized spacial score (nSPS) is 12.5. The quantitative estimate of drug-likeness (QED) is 0.711. The van der Waals surface area contributed by atoms with Gasteiger partial charge in [0.05, 0.1) is 17.2 Å². The Morgan fingerprint density at radius 2 is 2.15 bits per heavy atom. The molecule has 0 amide bonds. The lowest BCUT2D eigenvalue weighted by Crippen LogP contribution is -2.12. The first-order valence-electron chi connectivity index (χ1n) is 6.40. The van der Waals surface area contributed by atoms with Crippen molar-refractivity contribution in [1.82, 2.24) is 19.7 Å². The summed E-state index contributed by atoms with van der Waals surface area (Å²) < 4.78 is 1.89. The van der Waals surface area contributed by atoms with Gasteiger partial charge in [-0.1, -0.05) is 0 Å². The van der Waals surface area contributed by atoms with E-state index >= 15 is 0 Å². The number of benzene rings is 1. The largest absolute Gasteiger partial charge is 0.398 e. The Labute approximate surface area is 116 Å². The van der Waals surface area contributed by atoms with E-state index in [1.165, 1.54) is 0 Å². The Bertz CT molecular complexity index is 748. The van der Waals surface area contributed by atoms with Crippen molar-refractivity contribution < 1.29 is 0 Å². The molecule has 102 valence electrons. The van der Waals surface area contributed by atoms with Crippen LogP contribution in [-0.4, -0.2) is 19.7 Å². The zero-order valence-electron chi connectivity index (χ0n) is 11.4. The number of anilines is 2. The van der Waals surface area contributed by atoms with Crippen molar-refractivity contribution >= 4 is 22.3 Å². The van der Waals surface area contributed by atoms with Crippen molar-refractivity contribution in [3.05, 3.63) is 42.6 Å². The molecule has 2 aromatic heterocycles. The van der Waals surface area contributed by atoms with Gasteiger partial charge in [-0.3, -0.25) is 4.98 Å². The molecular weight excluding hydrogens is 252 g/mol. The molecule has 0 radical (unpaired) electrons. The molecule has 0 aliphatic heterocycles. The fourth-order valence-electron chi connectivity index (χ4n) is 2.29. The second-order valence-corrected chi connectivity index (χ2v) is 4.77. The van der Waals surface area contributed by atoms with Crippen molar-refractivity contribution in [2.24, 2.45) is 7.05 Å². The molecule has 6 nitrogen and oxygen atoms in total. The SMILES string of the molecule is CC(Nc1ccc(N)c2cccnc12)c1nncn1C. The topological polar surface area (TPSA) is 81.7 Å². The highest BCUT2D eigenvalue weighted by Gasteiger charge is 2.13. The van der Waals surface area contributed by atoms with Crippen LogP contribution < -0.4 is 11.1 Å². The van der Waals surface area contributed by atoms with Gasteiger partial charge in [0.2, 0.25) is 0 Å². The summed E-state index contributed by atoms with van der Waals surface area (Å²) in [4.78, 5) is 4.41. The van der Waals surface area contributed by atoms with Gasteiger partial charge in [-0.05, 0) is 31.2 Å². The minimum absolute atomic E-state index is 0.0244. The average molecular weight is 268 g/mol. The molecule has 3 aromatic rings. The third kappa shape index (κ3) is 2.05. The summed E-state index contributed by atoms with van der Waals surface area (Å²) in [5.74, 6) is 0.867. The van der Waals surface area contributed by atoms with Crippen LogP contribution in [0.25, 0.3) is 10.9 Å². The summed E-state index contributed by atoms with van der Waals surface area (Å²) in [6, 6.07) is 7.70. The van der Waals surface area contributed by atoms with Crippen LogP contribution in [0.2, 0.25) is 0 Å². The smallest absolute Gasteiger partial charge is 0.154 e. The van der Waals surface area contributed by atoms with Crippen molar-refractivity contribution in [3.63, 3.8) is 0 Å².